The van der Waals surface area contributed by atoms with Crippen molar-refractivity contribution in [2.45, 2.75) is 43.5 Å². The number of benzene rings is 2. The summed E-state index contributed by atoms with van der Waals surface area (Å²) in [7, 11) is -0.366. The molecule has 1 unspecified atom stereocenters. The fraction of sp³-hybridized carbons (Fsp3) is 0.429. The maximum atomic E-state index is 13.2. The number of ether oxygens (including phenoxy) is 2. The average Bonchev–Trinajstić information content (AvgIpc) is 3.19. The van der Waals surface area contributed by atoms with E-state index in [1.807, 2.05) is 30.3 Å². The molecule has 1 heterocycles. The van der Waals surface area contributed by atoms with Crippen LogP contribution in [0.3, 0.4) is 0 Å². The van der Waals surface area contributed by atoms with E-state index in [1.165, 1.54) is 0 Å². The van der Waals surface area contributed by atoms with E-state index in [2.05, 4.69) is 6.92 Å². The normalized spacial score (nSPS) is 17.8. The van der Waals surface area contributed by atoms with E-state index >= 15 is 0 Å². The third-order valence-corrected chi connectivity index (χ3v) is 6.99. The third kappa shape index (κ3) is 3.96. The lowest BCUT2D eigenvalue weighted by Crippen LogP contribution is -2.30. The molecule has 2 aromatic rings. The topological polar surface area (TPSA) is 55.8 Å². The zero-order valence-electron chi connectivity index (χ0n) is 16.1. The lowest BCUT2D eigenvalue weighted by atomic mass is 10.0. The molecule has 3 rings (SSSR count). The van der Waals surface area contributed by atoms with Gasteiger partial charge in [-0.15, -0.1) is 0 Å². The molecule has 0 spiro atoms. The Hall–Kier alpha value is -2.05. The van der Waals surface area contributed by atoms with E-state index in [0.29, 0.717) is 22.9 Å². The predicted molar refractivity (Wildman–Crippen MR) is 106 cm³/mol. The molecule has 6 heteroatoms. The van der Waals surface area contributed by atoms with Crippen molar-refractivity contribution in [3.8, 4) is 11.5 Å². The van der Waals surface area contributed by atoms with Crippen LogP contribution in [-0.4, -0.2) is 33.5 Å². The van der Waals surface area contributed by atoms with E-state index in [4.69, 9.17) is 9.47 Å². The molecule has 0 N–H and O–H groups in total. The number of rotatable bonds is 7. The van der Waals surface area contributed by atoms with Gasteiger partial charge in [-0.25, -0.2) is 8.42 Å². The molecule has 0 bridgehead atoms. The predicted octanol–water partition coefficient (Wildman–Crippen LogP) is 4.18. The van der Waals surface area contributed by atoms with E-state index < -0.39 is 10.0 Å². The zero-order valence-corrected chi connectivity index (χ0v) is 17.0. The van der Waals surface area contributed by atoms with Gasteiger partial charge in [0.1, 0.15) is 0 Å². The minimum absolute atomic E-state index is 0.190. The summed E-state index contributed by atoms with van der Waals surface area (Å²) in [5.41, 5.74) is 2.09. The first-order valence-electron chi connectivity index (χ1n) is 9.34. The van der Waals surface area contributed by atoms with Gasteiger partial charge >= 0.3 is 0 Å². The maximum Gasteiger partial charge on any atom is 0.243 e. The van der Waals surface area contributed by atoms with Crippen LogP contribution in [0, 0.1) is 0 Å². The summed E-state index contributed by atoms with van der Waals surface area (Å²) in [6.45, 7) is 2.64. The second-order valence-corrected chi connectivity index (χ2v) is 8.67. The summed E-state index contributed by atoms with van der Waals surface area (Å²) in [4.78, 5) is 0.356. The molecule has 0 saturated carbocycles. The van der Waals surface area contributed by atoms with Gasteiger partial charge in [0.15, 0.2) is 11.5 Å². The quantitative estimate of drug-likeness (QED) is 0.713. The maximum absolute atomic E-state index is 13.2. The second kappa shape index (κ2) is 8.31. The number of hydrogen-bond acceptors (Lipinski definition) is 4. The number of hydrogen-bond donors (Lipinski definition) is 0. The number of sulfonamides is 1. The first-order chi connectivity index (χ1) is 13.0. The van der Waals surface area contributed by atoms with Gasteiger partial charge in [-0.1, -0.05) is 31.5 Å². The first kappa shape index (κ1) is 19.7. The molecule has 1 atom stereocenters. The van der Waals surface area contributed by atoms with Gasteiger partial charge in [0.2, 0.25) is 10.0 Å². The van der Waals surface area contributed by atoms with E-state index in [9.17, 15) is 8.42 Å². The fourth-order valence-corrected chi connectivity index (χ4v) is 5.36. The molecular formula is C21H27NO4S. The number of nitrogens with zero attached hydrogens (tertiary/aromatic N) is 1. The van der Waals surface area contributed by atoms with Crippen molar-refractivity contribution in [3.63, 3.8) is 0 Å². The first-order valence-corrected chi connectivity index (χ1v) is 10.8. The van der Waals surface area contributed by atoms with Crippen molar-refractivity contribution >= 4 is 10.0 Å². The van der Waals surface area contributed by atoms with Crippen LogP contribution in [0.2, 0.25) is 0 Å². The Morgan fingerprint density at radius 2 is 1.74 bits per heavy atom. The highest BCUT2D eigenvalue weighted by atomic mass is 32.2. The third-order valence-electron chi connectivity index (χ3n) is 5.06. The lowest BCUT2D eigenvalue weighted by molar-refractivity contribution is 0.351. The smallest absolute Gasteiger partial charge is 0.243 e. The highest BCUT2D eigenvalue weighted by Crippen LogP contribution is 2.39. The SMILES string of the molecule is CCCc1ccc(S(=O)(=O)N2CCCC2c2ccc(OC)c(OC)c2)cc1. The number of methoxy groups -OCH3 is 2. The molecule has 0 radical (unpaired) electrons. The molecule has 0 amide bonds. The van der Waals surface area contributed by atoms with Crippen molar-refractivity contribution < 1.29 is 17.9 Å². The second-order valence-electron chi connectivity index (χ2n) is 6.78. The molecule has 5 nitrogen and oxygen atoms in total. The van der Waals surface area contributed by atoms with Gasteiger partial charge in [-0.05, 0) is 54.7 Å². The van der Waals surface area contributed by atoms with Gasteiger partial charge in [-0.3, -0.25) is 0 Å². The Morgan fingerprint density at radius 3 is 2.37 bits per heavy atom. The molecule has 0 aromatic heterocycles. The Bertz CT molecular complexity index is 878. The Kier molecular flexibility index (Phi) is 6.07. The monoisotopic (exact) mass is 389 g/mol. The van der Waals surface area contributed by atoms with Crippen LogP contribution < -0.4 is 9.47 Å². The standard InChI is InChI=1S/C21H27NO4S/c1-4-6-16-8-11-18(12-9-16)27(23,24)22-14-5-7-19(22)17-10-13-20(25-2)21(15-17)26-3/h8-13,15,19H,4-7,14H2,1-3H3. The van der Waals surface area contributed by atoms with Crippen molar-refractivity contribution in [3.05, 3.63) is 53.6 Å². The Labute approximate surface area is 162 Å². The van der Waals surface area contributed by atoms with Crippen molar-refractivity contribution in [1.29, 1.82) is 0 Å². The molecule has 0 aliphatic carbocycles. The summed E-state index contributed by atoms with van der Waals surface area (Å²) < 4.78 is 38.8. The van der Waals surface area contributed by atoms with Crippen LogP contribution in [0.25, 0.3) is 0 Å². The van der Waals surface area contributed by atoms with Gasteiger partial charge in [0.25, 0.3) is 0 Å². The molecule has 1 aliphatic rings. The summed E-state index contributed by atoms with van der Waals surface area (Å²) in [5, 5.41) is 0. The lowest BCUT2D eigenvalue weighted by Gasteiger charge is -2.25. The van der Waals surface area contributed by atoms with Gasteiger partial charge in [0, 0.05) is 6.54 Å². The summed E-state index contributed by atoms with van der Waals surface area (Å²) in [5.74, 6) is 1.25. The summed E-state index contributed by atoms with van der Waals surface area (Å²) in [6.07, 6.45) is 3.63. The van der Waals surface area contributed by atoms with Crippen LogP contribution >= 0.6 is 0 Å². The summed E-state index contributed by atoms with van der Waals surface area (Å²) in [6, 6.07) is 12.7. The zero-order chi connectivity index (χ0) is 19.4. The van der Waals surface area contributed by atoms with E-state index in [1.54, 1.807) is 30.7 Å². The van der Waals surface area contributed by atoms with Crippen LogP contribution in [0.4, 0.5) is 0 Å². The van der Waals surface area contributed by atoms with Crippen molar-refractivity contribution in [2.75, 3.05) is 20.8 Å². The molecular weight excluding hydrogens is 362 g/mol. The van der Waals surface area contributed by atoms with E-state index in [0.717, 1.165) is 36.8 Å². The van der Waals surface area contributed by atoms with Gasteiger partial charge < -0.3 is 9.47 Å². The van der Waals surface area contributed by atoms with Crippen molar-refractivity contribution in [1.82, 2.24) is 4.31 Å². The Balaban J connectivity index is 1.91. The van der Waals surface area contributed by atoms with E-state index in [-0.39, 0.29) is 6.04 Å². The summed E-state index contributed by atoms with van der Waals surface area (Å²) >= 11 is 0. The van der Waals surface area contributed by atoms with Crippen LogP contribution in [0.1, 0.15) is 43.4 Å². The Morgan fingerprint density at radius 1 is 1.04 bits per heavy atom. The van der Waals surface area contributed by atoms with Gasteiger partial charge in [-0.2, -0.15) is 4.31 Å². The molecule has 1 aliphatic heterocycles. The largest absolute Gasteiger partial charge is 0.493 e. The van der Waals surface area contributed by atoms with Crippen LogP contribution in [-0.2, 0) is 16.4 Å². The molecule has 27 heavy (non-hydrogen) atoms. The molecule has 1 fully saturated rings. The fourth-order valence-electron chi connectivity index (χ4n) is 3.67. The minimum atomic E-state index is -3.54. The van der Waals surface area contributed by atoms with Crippen LogP contribution in [0.5, 0.6) is 11.5 Å². The molecule has 146 valence electrons. The average molecular weight is 390 g/mol. The highest BCUT2D eigenvalue weighted by Gasteiger charge is 2.36. The van der Waals surface area contributed by atoms with Gasteiger partial charge in [0.05, 0.1) is 25.2 Å². The minimum Gasteiger partial charge on any atom is -0.493 e. The highest BCUT2D eigenvalue weighted by molar-refractivity contribution is 7.89. The molecule has 2 aromatic carbocycles. The molecule has 1 saturated heterocycles. The van der Waals surface area contributed by atoms with Crippen molar-refractivity contribution in [2.24, 2.45) is 0 Å². The number of aryl methyl sites for hydroxylation is 1. The van der Waals surface area contributed by atoms with Crippen LogP contribution in [0.15, 0.2) is 47.4 Å².